The predicted octanol–water partition coefficient (Wildman–Crippen LogP) is 4.15. The summed E-state index contributed by atoms with van der Waals surface area (Å²) in [5.41, 5.74) is 3.63. The molecule has 0 aliphatic heterocycles. The van der Waals surface area contributed by atoms with Gasteiger partial charge < -0.3 is 9.73 Å². The summed E-state index contributed by atoms with van der Waals surface area (Å²) in [6.07, 6.45) is 7.24. The molecule has 26 heavy (non-hydrogen) atoms. The molecule has 6 nitrogen and oxygen atoms in total. The van der Waals surface area contributed by atoms with Crippen molar-refractivity contribution in [1.29, 1.82) is 0 Å². The van der Waals surface area contributed by atoms with Gasteiger partial charge in [0.2, 0.25) is 0 Å². The van der Waals surface area contributed by atoms with Crippen molar-refractivity contribution in [2.24, 2.45) is 0 Å². The smallest absolute Gasteiger partial charge is 0.157 e. The molecular weight excluding hydrogens is 326 g/mol. The summed E-state index contributed by atoms with van der Waals surface area (Å²) in [5.74, 6) is 1.52. The topological polar surface area (TPSA) is 68.2 Å². The highest BCUT2D eigenvalue weighted by molar-refractivity contribution is 5.85. The zero-order valence-corrected chi connectivity index (χ0v) is 13.8. The van der Waals surface area contributed by atoms with Crippen LogP contribution in [0.4, 0.5) is 5.82 Å². The zero-order chi connectivity index (χ0) is 17.3. The number of furan rings is 1. The molecule has 0 fully saturated rings. The molecule has 0 amide bonds. The average molecular weight is 341 g/mol. The molecule has 5 rings (SSSR count). The lowest BCUT2D eigenvalue weighted by Crippen LogP contribution is -2.05. The first-order valence-electron chi connectivity index (χ1n) is 8.33. The van der Waals surface area contributed by atoms with Gasteiger partial charge in [-0.25, -0.2) is 9.50 Å². The van der Waals surface area contributed by atoms with E-state index in [0.29, 0.717) is 6.54 Å². The summed E-state index contributed by atoms with van der Waals surface area (Å²) in [6.45, 7) is 0.646. The summed E-state index contributed by atoms with van der Waals surface area (Å²) in [5, 5.41) is 8.77. The van der Waals surface area contributed by atoms with Gasteiger partial charge >= 0.3 is 0 Å². The molecule has 1 N–H and O–H groups in total. The summed E-state index contributed by atoms with van der Waals surface area (Å²) >= 11 is 0. The minimum atomic E-state index is 0.646. The first-order valence-corrected chi connectivity index (χ1v) is 8.33. The van der Waals surface area contributed by atoms with Crippen LogP contribution in [0.5, 0.6) is 0 Å². The van der Waals surface area contributed by atoms with Crippen molar-refractivity contribution in [2.75, 3.05) is 5.32 Å². The Balaban J connectivity index is 1.60. The third-order valence-corrected chi connectivity index (χ3v) is 4.28. The molecule has 5 aromatic rings. The van der Waals surface area contributed by atoms with Crippen molar-refractivity contribution in [3.8, 4) is 11.3 Å². The maximum Gasteiger partial charge on any atom is 0.157 e. The number of fused-ring (bicyclic) bond motifs is 2. The lowest BCUT2D eigenvalue weighted by molar-refractivity contribution is 0.630. The highest BCUT2D eigenvalue weighted by Gasteiger charge is 2.14. The maximum absolute atomic E-state index is 6.04. The second-order valence-electron chi connectivity index (χ2n) is 5.99. The second kappa shape index (κ2) is 6.00. The molecule has 0 saturated heterocycles. The van der Waals surface area contributed by atoms with Crippen LogP contribution in [0.3, 0.4) is 0 Å². The number of nitrogens with one attached hydrogen (secondary N) is 1. The van der Waals surface area contributed by atoms with Gasteiger partial charge in [-0.05, 0) is 29.8 Å². The minimum absolute atomic E-state index is 0.646. The van der Waals surface area contributed by atoms with Crippen molar-refractivity contribution >= 4 is 22.4 Å². The fourth-order valence-corrected chi connectivity index (χ4v) is 2.97. The van der Waals surface area contributed by atoms with Crippen LogP contribution in [0.2, 0.25) is 0 Å². The van der Waals surface area contributed by atoms with Gasteiger partial charge in [-0.2, -0.15) is 5.10 Å². The van der Waals surface area contributed by atoms with Crippen LogP contribution < -0.4 is 5.32 Å². The number of nitrogens with zero attached hydrogens (tertiary/aromatic N) is 4. The van der Waals surface area contributed by atoms with E-state index in [4.69, 9.17) is 9.40 Å². The van der Waals surface area contributed by atoms with E-state index in [-0.39, 0.29) is 0 Å². The van der Waals surface area contributed by atoms with E-state index in [0.717, 1.165) is 39.3 Å². The van der Waals surface area contributed by atoms with Crippen molar-refractivity contribution in [3.63, 3.8) is 0 Å². The molecular formula is C20H15N5O. The molecule has 0 aliphatic carbocycles. The highest BCUT2D eigenvalue weighted by Crippen LogP contribution is 2.32. The summed E-state index contributed by atoms with van der Waals surface area (Å²) < 4.78 is 7.79. The Morgan fingerprint density at radius 1 is 1.00 bits per heavy atom. The van der Waals surface area contributed by atoms with Crippen LogP contribution in [-0.2, 0) is 6.54 Å². The zero-order valence-electron chi connectivity index (χ0n) is 13.8. The normalized spacial score (nSPS) is 11.2. The molecule has 0 radical (unpaired) electrons. The lowest BCUT2D eigenvalue weighted by atomic mass is 10.2. The van der Waals surface area contributed by atoms with Crippen LogP contribution in [0.15, 0.2) is 77.7 Å². The van der Waals surface area contributed by atoms with Gasteiger partial charge in [0.1, 0.15) is 17.2 Å². The van der Waals surface area contributed by atoms with E-state index < -0.39 is 0 Å². The molecule has 0 atom stereocenters. The Kier molecular flexibility index (Phi) is 3.38. The summed E-state index contributed by atoms with van der Waals surface area (Å²) in [4.78, 5) is 8.76. The number of aromatic nitrogens is 4. The second-order valence-corrected chi connectivity index (χ2v) is 5.99. The molecule has 4 heterocycles. The van der Waals surface area contributed by atoms with Gasteiger partial charge in [0, 0.05) is 36.6 Å². The SMILES string of the molecule is c1ccc2oc(-c3cn4nccc4nc3NCc3ccncc3)cc2c1. The fourth-order valence-electron chi connectivity index (χ4n) is 2.97. The minimum Gasteiger partial charge on any atom is -0.456 e. The predicted molar refractivity (Wildman–Crippen MR) is 99.8 cm³/mol. The Morgan fingerprint density at radius 2 is 1.88 bits per heavy atom. The Bertz CT molecular complexity index is 1160. The first kappa shape index (κ1) is 14.7. The van der Waals surface area contributed by atoms with Crippen molar-refractivity contribution in [1.82, 2.24) is 19.6 Å². The Hall–Kier alpha value is -3.67. The highest BCUT2D eigenvalue weighted by atomic mass is 16.3. The van der Waals surface area contributed by atoms with Gasteiger partial charge in [-0.3, -0.25) is 4.98 Å². The maximum atomic E-state index is 6.04. The number of benzene rings is 1. The summed E-state index contributed by atoms with van der Waals surface area (Å²) in [6, 6.07) is 15.8. The quantitative estimate of drug-likeness (QED) is 0.532. The van der Waals surface area contributed by atoms with E-state index in [2.05, 4.69) is 15.4 Å². The molecule has 0 aliphatic rings. The summed E-state index contributed by atoms with van der Waals surface area (Å²) in [7, 11) is 0. The molecule has 1 aromatic carbocycles. The first-order chi connectivity index (χ1) is 12.9. The monoisotopic (exact) mass is 341 g/mol. The Morgan fingerprint density at radius 3 is 2.77 bits per heavy atom. The number of pyridine rings is 1. The Labute approximate surface area is 149 Å². The van der Waals surface area contributed by atoms with Crippen LogP contribution >= 0.6 is 0 Å². The lowest BCUT2D eigenvalue weighted by Gasteiger charge is -2.10. The van der Waals surface area contributed by atoms with E-state index >= 15 is 0 Å². The van der Waals surface area contributed by atoms with E-state index in [1.807, 2.05) is 54.7 Å². The number of para-hydroxylation sites is 1. The largest absolute Gasteiger partial charge is 0.456 e. The van der Waals surface area contributed by atoms with Crippen molar-refractivity contribution in [2.45, 2.75) is 6.54 Å². The van der Waals surface area contributed by atoms with Crippen LogP contribution in [0, 0.1) is 0 Å². The van der Waals surface area contributed by atoms with Gasteiger partial charge in [-0.1, -0.05) is 18.2 Å². The molecule has 0 saturated carbocycles. The van der Waals surface area contributed by atoms with Crippen LogP contribution in [-0.4, -0.2) is 19.6 Å². The van der Waals surface area contributed by atoms with Crippen LogP contribution in [0.1, 0.15) is 5.56 Å². The van der Waals surface area contributed by atoms with E-state index in [9.17, 15) is 0 Å². The number of rotatable bonds is 4. The van der Waals surface area contributed by atoms with Gasteiger partial charge in [0.25, 0.3) is 0 Å². The standard InChI is InChI=1S/C20H15N5O/c1-2-4-17-15(3-1)11-18(26-17)16-13-25-19(7-10-23-25)24-20(16)22-12-14-5-8-21-9-6-14/h1-11,13H,12H2,(H,22,24). The number of hydrogen-bond donors (Lipinski definition) is 1. The average Bonchev–Trinajstić information content (AvgIpc) is 3.32. The van der Waals surface area contributed by atoms with Crippen LogP contribution in [0.25, 0.3) is 27.9 Å². The number of anilines is 1. The van der Waals surface area contributed by atoms with E-state index in [1.54, 1.807) is 23.1 Å². The van der Waals surface area contributed by atoms with E-state index in [1.165, 1.54) is 0 Å². The van der Waals surface area contributed by atoms with Gasteiger partial charge in [0.05, 0.1) is 11.8 Å². The molecule has 0 bridgehead atoms. The molecule has 126 valence electrons. The van der Waals surface area contributed by atoms with Crippen molar-refractivity contribution in [3.05, 3.63) is 78.9 Å². The third-order valence-electron chi connectivity index (χ3n) is 4.28. The molecule has 0 spiro atoms. The molecule has 4 aromatic heterocycles. The third kappa shape index (κ3) is 2.57. The van der Waals surface area contributed by atoms with Gasteiger partial charge in [-0.15, -0.1) is 0 Å². The molecule has 0 unspecified atom stereocenters. The fraction of sp³-hybridized carbons (Fsp3) is 0.0500. The van der Waals surface area contributed by atoms with Crippen molar-refractivity contribution < 1.29 is 4.42 Å². The number of hydrogen-bond acceptors (Lipinski definition) is 5. The molecule has 6 heteroatoms. The van der Waals surface area contributed by atoms with Gasteiger partial charge in [0.15, 0.2) is 5.65 Å².